The molecule has 96 valence electrons. The molecular formula is C14H17NO2S. The molecule has 0 aliphatic heterocycles. The molecule has 0 saturated carbocycles. The lowest BCUT2D eigenvalue weighted by molar-refractivity contribution is -0.143. The van der Waals surface area contributed by atoms with Crippen LogP contribution in [0.2, 0.25) is 0 Å². The Labute approximate surface area is 111 Å². The summed E-state index contributed by atoms with van der Waals surface area (Å²) in [5.74, 6) is -1.19. The molecule has 2 rings (SSSR count). The van der Waals surface area contributed by atoms with Crippen molar-refractivity contribution in [1.29, 1.82) is 0 Å². The normalized spacial score (nSPS) is 14.9. The van der Waals surface area contributed by atoms with Crippen LogP contribution in [0, 0.1) is 5.92 Å². The zero-order valence-electron chi connectivity index (χ0n) is 10.8. The van der Waals surface area contributed by atoms with Crippen LogP contribution in [-0.2, 0) is 4.79 Å². The van der Waals surface area contributed by atoms with Crippen LogP contribution >= 0.6 is 11.3 Å². The Morgan fingerprint density at radius 2 is 2.00 bits per heavy atom. The maximum Gasteiger partial charge on any atom is 0.308 e. The Balaban J connectivity index is 2.52. The molecule has 0 spiro atoms. The first-order chi connectivity index (χ1) is 8.52. The maximum atomic E-state index is 11.3. The summed E-state index contributed by atoms with van der Waals surface area (Å²) in [6.07, 6.45) is 0. The molecule has 2 atom stereocenters. The predicted molar refractivity (Wildman–Crippen MR) is 75.1 cm³/mol. The zero-order chi connectivity index (χ0) is 13.3. The fourth-order valence-electron chi connectivity index (χ4n) is 2.36. The number of hydrogen-bond acceptors (Lipinski definition) is 3. The van der Waals surface area contributed by atoms with Gasteiger partial charge in [0.25, 0.3) is 0 Å². The molecule has 0 aliphatic rings. The maximum absolute atomic E-state index is 11.3. The van der Waals surface area contributed by atoms with Crippen LogP contribution in [0.15, 0.2) is 29.6 Å². The third kappa shape index (κ3) is 2.26. The number of carboxylic acid groups (broad SMARTS) is 1. The van der Waals surface area contributed by atoms with Crippen LogP contribution < -0.4 is 0 Å². The lowest BCUT2D eigenvalue weighted by Crippen LogP contribution is -2.30. The van der Waals surface area contributed by atoms with Gasteiger partial charge in [0.15, 0.2) is 0 Å². The lowest BCUT2D eigenvalue weighted by atomic mass is 9.93. The molecule has 2 aromatic rings. The summed E-state index contributed by atoms with van der Waals surface area (Å²) in [7, 11) is 3.85. The van der Waals surface area contributed by atoms with E-state index in [9.17, 15) is 9.90 Å². The van der Waals surface area contributed by atoms with E-state index in [2.05, 4.69) is 17.5 Å². The molecule has 0 saturated heterocycles. The van der Waals surface area contributed by atoms with Gasteiger partial charge in [-0.25, -0.2) is 0 Å². The van der Waals surface area contributed by atoms with Crippen LogP contribution in [-0.4, -0.2) is 30.1 Å². The van der Waals surface area contributed by atoms with E-state index in [0.29, 0.717) is 0 Å². The minimum atomic E-state index is -0.760. The topological polar surface area (TPSA) is 40.5 Å². The van der Waals surface area contributed by atoms with E-state index in [4.69, 9.17) is 0 Å². The summed E-state index contributed by atoms with van der Waals surface area (Å²) in [6.45, 7) is 1.76. The smallest absolute Gasteiger partial charge is 0.308 e. The van der Waals surface area contributed by atoms with Gasteiger partial charge in [-0.1, -0.05) is 25.1 Å². The molecule has 3 nitrogen and oxygen atoms in total. The first kappa shape index (κ1) is 13.1. The van der Waals surface area contributed by atoms with Gasteiger partial charge in [0, 0.05) is 10.7 Å². The fourth-order valence-corrected chi connectivity index (χ4v) is 3.35. The molecule has 1 N–H and O–H groups in total. The van der Waals surface area contributed by atoms with Crippen LogP contribution in [0.25, 0.3) is 10.1 Å². The second-order valence-corrected chi connectivity index (χ2v) is 5.63. The molecule has 1 aromatic carbocycles. The molecule has 0 aliphatic carbocycles. The van der Waals surface area contributed by atoms with E-state index in [1.54, 1.807) is 18.3 Å². The number of benzene rings is 1. The van der Waals surface area contributed by atoms with E-state index in [-0.39, 0.29) is 6.04 Å². The summed E-state index contributed by atoms with van der Waals surface area (Å²) in [6, 6.07) is 8.04. The highest BCUT2D eigenvalue weighted by molar-refractivity contribution is 7.17. The number of rotatable bonds is 4. The van der Waals surface area contributed by atoms with Gasteiger partial charge in [0.1, 0.15) is 0 Å². The molecule has 1 heterocycles. The lowest BCUT2D eigenvalue weighted by Gasteiger charge is -2.27. The highest BCUT2D eigenvalue weighted by Crippen LogP contribution is 2.36. The van der Waals surface area contributed by atoms with Gasteiger partial charge in [-0.3, -0.25) is 4.79 Å². The minimum Gasteiger partial charge on any atom is -0.481 e. The molecule has 18 heavy (non-hydrogen) atoms. The third-order valence-electron chi connectivity index (χ3n) is 3.25. The molecular weight excluding hydrogens is 246 g/mol. The molecule has 0 fully saturated rings. The van der Waals surface area contributed by atoms with Gasteiger partial charge in [-0.15, -0.1) is 11.3 Å². The van der Waals surface area contributed by atoms with Crippen molar-refractivity contribution in [3.63, 3.8) is 0 Å². The SMILES string of the molecule is CC(C(=O)O)C(c1csc2ccccc12)N(C)C. The summed E-state index contributed by atoms with van der Waals surface area (Å²) < 4.78 is 1.21. The summed E-state index contributed by atoms with van der Waals surface area (Å²) in [4.78, 5) is 13.2. The Morgan fingerprint density at radius 3 is 2.61 bits per heavy atom. The van der Waals surface area contributed by atoms with E-state index < -0.39 is 11.9 Å². The number of carboxylic acids is 1. The second-order valence-electron chi connectivity index (χ2n) is 4.72. The van der Waals surface area contributed by atoms with Crippen molar-refractivity contribution < 1.29 is 9.90 Å². The van der Waals surface area contributed by atoms with Crippen molar-refractivity contribution in [3.8, 4) is 0 Å². The number of aliphatic carboxylic acids is 1. The average Bonchev–Trinajstić information content (AvgIpc) is 2.73. The number of hydrogen-bond donors (Lipinski definition) is 1. The van der Waals surface area contributed by atoms with Gasteiger partial charge in [-0.2, -0.15) is 0 Å². The second kappa shape index (κ2) is 5.08. The van der Waals surface area contributed by atoms with Crippen LogP contribution in [0.3, 0.4) is 0 Å². The summed E-state index contributed by atoms with van der Waals surface area (Å²) >= 11 is 1.67. The van der Waals surface area contributed by atoms with Gasteiger partial charge in [0.05, 0.1) is 5.92 Å². The Bertz CT molecular complexity index is 562. The first-order valence-corrected chi connectivity index (χ1v) is 6.75. The minimum absolute atomic E-state index is 0.0985. The average molecular weight is 263 g/mol. The monoisotopic (exact) mass is 263 g/mol. The Kier molecular flexibility index (Phi) is 3.68. The Hall–Kier alpha value is -1.39. The molecule has 1 aromatic heterocycles. The standard InChI is InChI=1S/C14H17NO2S/c1-9(14(16)17)13(15(2)3)11-8-18-12-7-5-4-6-10(11)12/h4-9,13H,1-3H3,(H,16,17). The molecule has 0 amide bonds. The van der Waals surface area contributed by atoms with Crippen molar-refractivity contribution in [2.45, 2.75) is 13.0 Å². The van der Waals surface area contributed by atoms with E-state index in [1.807, 2.05) is 31.1 Å². The van der Waals surface area contributed by atoms with Crippen molar-refractivity contribution >= 4 is 27.4 Å². The van der Waals surface area contributed by atoms with Gasteiger partial charge < -0.3 is 10.0 Å². The predicted octanol–water partition coefficient (Wildman–Crippen LogP) is 3.22. The summed E-state index contributed by atoms with van der Waals surface area (Å²) in [5, 5.41) is 12.5. The first-order valence-electron chi connectivity index (χ1n) is 5.87. The van der Waals surface area contributed by atoms with E-state index in [1.165, 1.54) is 4.70 Å². The highest BCUT2D eigenvalue weighted by Gasteiger charge is 2.28. The number of carbonyl (C=O) groups is 1. The van der Waals surface area contributed by atoms with E-state index in [0.717, 1.165) is 10.9 Å². The van der Waals surface area contributed by atoms with Gasteiger partial charge in [0.2, 0.25) is 0 Å². The molecule has 0 bridgehead atoms. The van der Waals surface area contributed by atoms with Crippen molar-refractivity contribution in [1.82, 2.24) is 4.90 Å². The van der Waals surface area contributed by atoms with Gasteiger partial charge >= 0.3 is 5.97 Å². The van der Waals surface area contributed by atoms with Crippen LogP contribution in [0.1, 0.15) is 18.5 Å². The largest absolute Gasteiger partial charge is 0.481 e. The van der Waals surface area contributed by atoms with Crippen molar-refractivity contribution in [3.05, 3.63) is 35.2 Å². The number of fused-ring (bicyclic) bond motifs is 1. The van der Waals surface area contributed by atoms with Crippen molar-refractivity contribution in [2.24, 2.45) is 5.92 Å². The van der Waals surface area contributed by atoms with Crippen LogP contribution in [0.4, 0.5) is 0 Å². The number of nitrogens with zero attached hydrogens (tertiary/aromatic N) is 1. The van der Waals surface area contributed by atoms with E-state index >= 15 is 0 Å². The van der Waals surface area contributed by atoms with Crippen LogP contribution in [0.5, 0.6) is 0 Å². The van der Waals surface area contributed by atoms with Crippen molar-refractivity contribution in [2.75, 3.05) is 14.1 Å². The number of thiophene rings is 1. The van der Waals surface area contributed by atoms with Gasteiger partial charge in [-0.05, 0) is 36.5 Å². The molecule has 0 radical (unpaired) electrons. The quantitative estimate of drug-likeness (QED) is 0.920. The highest BCUT2D eigenvalue weighted by atomic mass is 32.1. The zero-order valence-corrected chi connectivity index (χ0v) is 11.6. The third-order valence-corrected chi connectivity index (χ3v) is 4.23. The summed E-state index contributed by atoms with van der Waals surface area (Å²) in [5.41, 5.74) is 1.11. The fraction of sp³-hybridized carbons (Fsp3) is 0.357. The molecule has 4 heteroatoms. The molecule has 2 unspecified atom stereocenters. The Morgan fingerprint density at radius 1 is 1.33 bits per heavy atom.